The molecule has 31 heavy (non-hydrogen) atoms. The van der Waals surface area contributed by atoms with Crippen LogP contribution in [0.5, 0.6) is 5.75 Å². The van der Waals surface area contributed by atoms with Crippen LogP contribution in [0.25, 0.3) is 17.0 Å². The summed E-state index contributed by atoms with van der Waals surface area (Å²) in [5, 5.41) is 8.19. The molecule has 0 fully saturated rings. The zero-order valence-corrected chi connectivity index (χ0v) is 15.9. The summed E-state index contributed by atoms with van der Waals surface area (Å²) >= 11 is 0. The Hall–Kier alpha value is -3.95. The monoisotopic (exact) mass is 425 g/mol. The van der Waals surface area contributed by atoms with E-state index in [0.717, 1.165) is 5.56 Å². The predicted molar refractivity (Wildman–Crippen MR) is 103 cm³/mol. The molecular weight excluding hydrogens is 411 g/mol. The van der Waals surface area contributed by atoms with Gasteiger partial charge >= 0.3 is 6.61 Å². The Morgan fingerprint density at radius 3 is 2.58 bits per heavy atom. The molecule has 7 nitrogen and oxygen atoms in total. The maximum Gasteiger partial charge on any atom is 0.387 e. The molecule has 0 saturated carbocycles. The lowest BCUT2D eigenvalue weighted by Gasteiger charge is -2.16. The molecule has 5 rings (SSSR count). The lowest BCUT2D eigenvalue weighted by Crippen LogP contribution is -2.27. The number of alkyl halides is 2. The van der Waals surface area contributed by atoms with Gasteiger partial charge < -0.3 is 9.64 Å². The highest BCUT2D eigenvalue weighted by Crippen LogP contribution is 2.28. The Morgan fingerprint density at radius 2 is 1.84 bits per heavy atom. The van der Waals surface area contributed by atoms with E-state index in [4.69, 9.17) is 0 Å². The number of fused-ring (bicyclic) bond motifs is 2. The molecule has 1 aliphatic heterocycles. The van der Waals surface area contributed by atoms with Crippen LogP contribution in [0.15, 0.2) is 54.9 Å². The van der Waals surface area contributed by atoms with Crippen LogP contribution in [-0.2, 0) is 13.1 Å². The molecule has 0 bridgehead atoms. The van der Waals surface area contributed by atoms with Crippen molar-refractivity contribution < 1.29 is 22.7 Å². The van der Waals surface area contributed by atoms with Crippen molar-refractivity contribution in [2.75, 3.05) is 0 Å². The predicted octanol–water partition coefficient (Wildman–Crippen LogP) is 3.69. The van der Waals surface area contributed by atoms with E-state index in [2.05, 4.69) is 19.9 Å². The highest BCUT2D eigenvalue weighted by molar-refractivity contribution is 5.94. The molecule has 0 spiro atoms. The molecule has 2 aromatic carbocycles. The standard InChI is InChI=1S/C21H14F3N5O2/c22-16-3-1-2-13-10-28(11-15(13)16)20(30)17-8-25-9-18-26-27-19(29(17)18)12-4-6-14(7-5-12)31-21(23)24/h1-9,21H,10-11H2. The van der Waals surface area contributed by atoms with Gasteiger partial charge in [-0.25, -0.2) is 4.39 Å². The molecule has 3 heterocycles. The second-order valence-electron chi connectivity index (χ2n) is 6.95. The molecule has 10 heteroatoms. The molecule has 2 aromatic heterocycles. The van der Waals surface area contributed by atoms with Crippen molar-refractivity contribution in [2.24, 2.45) is 0 Å². The highest BCUT2D eigenvalue weighted by atomic mass is 19.3. The number of nitrogens with zero attached hydrogens (tertiary/aromatic N) is 5. The third-order valence-electron chi connectivity index (χ3n) is 5.09. The summed E-state index contributed by atoms with van der Waals surface area (Å²) < 4.78 is 44.8. The quantitative estimate of drug-likeness (QED) is 0.499. The SMILES string of the molecule is O=C(c1cncc2nnc(-c3ccc(OC(F)F)cc3)n12)N1Cc2cccc(F)c2C1. The summed E-state index contributed by atoms with van der Waals surface area (Å²) in [5.74, 6) is -0.359. The largest absolute Gasteiger partial charge is 0.435 e. The van der Waals surface area contributed by atoms with Gasteiger partial charge in [-0.2, -0.15) is 8.78 Å². The van der Waals surface area contributed by atoms with Crippen molar-refractivity contribution in [3.63, 3.8) is 0 Å². The second kappa shape index (κ2) is 7.38. The Morgan fingerprint density at radius 1 is 1.03 bits per heavy atom. The molecule has 1 amide bonds. The Kier molecular flexibility index (Phi) is 4.54. The van der Waals surface area contributed by atoms with Crippen molar-refractivity contribution in [1.29, 1.82) is 0 Å². The van der Waals surface area contributed by atoms with Crippen LogP contribution in [0, 0.1) is 5.82 Å². The number of ether oxygens (including phenoxy) is 1. The number of rotatable bonds is 4. The van der Waals surface area contributed by atoms with E-state index in [-0.39, 0.29) is 36.3 Å². The van der Waals surface area contributed by atoms with E-state index in [0.29, 0.717) is 22.6 Å². The number of hydrogen-bond donors (Lipinski definition) is 0. The van der Waals surface area contributed by atoms with Crippen molar-refractivity contribution in [3.05, 3.63) is 77.5 Å². The molecule has 1 aliphatic rings. The van der Waals surface area contributed by atoms with Crippen LogP contribution in [0.3, 0.4) is 0 Å². The van der Waals surface area contributed by atoms with Gasteiger partial charge in [-0.05, 0) is 35.9 Å². The van der Waals surface area contributed by atoms with Crippen molar-refractivity contribution in [1.82, 2.24) is 24.5 Å². The van der Waals surface area contributed by atoms with Gasteiger partial charge in [0.05, 0.1) is 12.4 Å². The number of halogens is 3. The zero-order chi connectivity index (χ0) is 21.5. The maximum atomic E-state index is 14.1. The first-order valence-electron chi connectivity index (χ1n) is 9.31. The minimum atomic E-state index is -2.93. The minimum Gasteiger partial charge on any atom is -0.435 e. The van der Waals surface area contributed by atoms with Crippen molar-refractivity contribution in [2.45, 2.75) is 19.7 Å². The molecule has 0 saturated heterocycles. The van der Waals surface area contributed by atoms with Crippen molar-refractivity contribution in [3.8, 4) is 17.1 Å². The smallest absolute Gasteiger partial charge is 0.387 e. The van der Waals surface area contributed by atoms with Crippen LogP contribution in [0.4, 0.5) is 13.2 Å². The fraction of sp³-hybridized carbons (Fsp3) is 0.143. The average molecular weight is 425 g/mol. The fourth-order valence-corrected chi connectivity index (χ4v) is 3.66. The molecule has 0 unspecified atom stereocenters. The molecule has 0 aliphatic carbocycles. The highest BCUT2D eigenvalue weighted by Gasteiger charge is 2.28. The Balaban J connectivity index is 1.51. The molecule has 4 aromatic rings. The molecule has 0 N–H and O–H groups in total. The van der Waals surface area contributed by atoms with Crippen molar-refractivity contribution >= 4 is 11.6 Å². The normalized spacial score (nSPS) is 13.1. The number of amides is 1. The Labute approximate surface area is 173 Å². The van der Waals surface area contributed by atoms with Gasteiger partial charge in [0.2, 0.25) is 0 Å². The minimum absolute atomic E-state index is 0.00222. The van der Waals surface area contributed by atoms with Gasteiger partial charge in [0, 0.05) is 24.2 Å². The number of benzene rings is 2. The summed E-state index contributed by atoms with van der Waals surface area (Å²) in [6.07, 6.45) is 2.86. The van der Waals surface area contributed by atoms with E-state index in [1.807, 2.05) is 0 Å². The third kappa shape index (κ3) is 3.35. The second-order valence-corrected chi connectivity index (χ2v) is 6.95. The maximum absolute atomic E-state index is 14.1. The molecule has 0 radical (unpaired) electrons. The number of hydrogen-bond acceptors (Lipinski definition) is 5. The van der Waals surface area contributed by atoms with Crippen LogP contribution < -0.4 is 4.74 Å². The first-order valence-corrected chi connectivity index (χ1v) is 9.31. The van der Waals surface area contributed by atoms with Gasteiger partial charge in [0.25, 0.3) is 5.91 Å². The van der Waals surface area contributed by atoms with Gasteiger partial charge in [-0.15, -0.1) is 10.2 Å². The number of aromatic nitrogens is 4. The topological polar surface area (TPSA) is 72.6 Å². The summed E-state index contributed by atoms with van der Waals surface area (Å²) in [5.41, 5.74) is 2.35. The first-order chi connectivity index (χ1) is 15.0. The zero-order valence-electron chi connectivity index (χ0n) is 15.9. The van der Waals surface area contributed by atoms with Gasteiger partial charge in [0.15, 0.2) is 11.5 Å². The summed E-state index contributed by atoms with van der Waals surface area (Å²) in [6.45, 7) is -2.50. The number of carbonyl (C=O) groups excluding carboxylic acids is 1. The van der Waals surface area contributed by atoms with E-state index < -0.39 is 6.61 Å². The first kappa shape index (κ1) is 19.0. The van der Waals surface area contributed by atoms with Crippen LogP contribution in [0.2, 0.25) is 0 Å². The van der Waals surface area contributed by atoms with Crippen LogP contribution in [0.1, 0.15) is 21.6 Å². The van der Waals surface area contributed by atoms with Gasteiger partial charge in [-0.1, -0.05) is 12.1 Å². The van der Waals surface area contributed by atoms with Gasteiger partial charge in [0.1, 0.15) is 17.3 Å². The van der Waals surface area contributed by atoms with E-state index in [1.165, 1.54) is 39.9 Å². The average Bonchev–Trinajstić information content (AvgIpc) is 3.39. The lowest BCUT2D eigenvalue weighted by atomic mass is 10.1. The summed E-state index contributed by atoms with van der Waals surface area (Å²) in [7, 11) is 0. The fourth-order valence-electron chi connectivity index (χ4n) is 3.66. The number of carbonyl (C=O) groups is 1. The van der Waals surface area contributed by atoms with E-state index >= 15 is 0 Å². The van der Waals surface area contributed by atoms with Crippen LogP contribution >= 0.6 is 0 Å². The molecular formula is C21H14F3N5O2. The molecule has 156 valence electrons. The third-order valence-corrected chi connectivity index (χ3v) is 5.09. The van der Waals surface area contributed by atoms with Crippen LogP contribution in [-0.4, -0.2) is 37.0 Å². The Bertz CT molecular complexity index is 1290. The lowest BCUT2D eigenvalue weighted by molar-refractivity contribution is -0.0498. The molecule has 0 atom stereocenters. The van der Waals surface area contributed by atoms with E-state index in [9.17, 15) is 18.0 Å². The summed E-state index contributed by atoms with van der Waals surface area (Å²) in [4.78, 5) is 18.9. The summed E-state index contributed by atoms with van der Waals surface area (Å²) in [6, 6.07) is 10.6. The van der Waals surface area contributed by atoms with E-state index in [1.54, 1.807) is 24.3 Å². The van der Waals surface area contributed by atoms with Gasteiger partial charge in [-0.3, -0.25) is 14.2 Å².